The zero-order chi connectivity index (χ0) is 14.1. The van der Waals surface area contributed by atoms with Gasteiger partial charge < -0.3 is 4.74 Å². The van der Waals surface area contributed by atoms with Gasteiger partial charge in [-0.05, 0) is 35.4 Å². The minimum Gasteiger partial charge on any atom is -0.494 e. The van der Waals surface area contributed by atoms with Crippen molar-refractivity contribution < 1.29 is 9.13 Å². The fraction of sp³-hybridized carbons (Fsp3) is 0.0667. The van der Waals surface area contributed by atoms with Crippen molar-refractivity contribution in [3.8, 4) is 16.9 Å². The van der Waals surface area contributed by atoms with Gasteiger partial charge in [0.1, 0.15) is 17.1 Å². The van der Waals surface area contributed by atoms with Crippen molar-refractivity contribution in [1.82, 2.24) is 10.2 Å². The van der Waals surface area contributed by atoms with Crippen molar-refractivity contribution in [1.29, 1.82) is 0 Å². The molecule has 0 saturated carbocycles. The summed E-state index contributed by atoms with van der Waals surface area (Å²) in [5.41, 5.74) is 2.36. The third-order valence-corrected chi connectivity index (χ3v) is 3.36. The van der Waals surface area contributed by atoms with E-state index in [0.29, 0.717) is 16.3 Å². The van der Waals surface area contributed by atoms with Gasteiger partial charge in [0.05, 0.1) is 18.3 Å². The molecule has 0 amide bonds. The van der Waals surface area contributed by atoms with Gasteiger partial charge in [-0.2, -0.15) is 5.10 Å². The van der Waals surface area contributed by atoms with Crippen LogP contribution in [0.5, 0.6) is 5.75 Å². The number of halogens is 2. The molecule has 3 nitrogen and oxygen atoms in total. The Kier molecular flexibility index (Phi) is 4.71. The van der Waals surface area contributed by atoms with Crippen molar-refractivity contribution in [3.63, 3.8) is 0 Å². The van der Waals surface area contributed by atoms with E-state index in [1.807, 2.05) is 12.1 Å². The summed E-state index contributed by atoms with van der Waals surface area (Å²) in [4.78, 5) is 0. The Bertz CT molecular complexity index is 780. The largest absolute Gasteiger partial charge is 5.00 e. The van der Waals surface area contributed by atoms with E-state index in [0.717, 1.165) is 16.5 Å². The van der Waals surface area contributed by atoms with Crippen LogP contribution in [0.4, 0.5) is 4.39 Å². The number of methoxy groups -OCH3 is 1. The van der Waals surface area contributed by atoms with Crippen LogP contribution in [0.3, 0.4) is 0 Å². The average molecular weight is 320 g/mol. The molecule has 1 aromatic heterocycles. The van der Waals surface area contributed by atoms with Crippen LogP contribution in [-0.4, -0.2) is 17.3 Å². The van der Waals surface area contributed by atoms with Gasteiger partial charge in [-0.1, -0.05) is 23.7 Å². The number of fused-ring (bicyclic) bond motifs is 1. The molecule has 0 aliphatic rings. The van der Waals surface area contributed by atoms with E-state index < -0.39 is 0 Å². The molecule has 3 rings (SSSR count). The van der Waals surface area contributed by atoms with E-state index in [9.17, 15) is 4.39 Å². The van der Waals surface area contributed by atoms with Crippen molar-refractivity contribution in [2.24, 2.45) is 0 Å². The van der Waals surface area contributed by atoms with Crippen LogP contribution in [0.25, 0.3) is 22.0 Å². The summed E-state index contributed by atoms with van der Waals surface area (Å²) in [6, 6.07) is 9.97. The fourth-order valence-corrected chi connectivity index (χ4v) is 2.25. The summed E-state index contributed by atoms with van der Waals surface area (Å²) in [7, 11) is 1.56. The van der Waals surface area contributed by atoms with Gasteiger partial charge in [0, 0.05) is 5.39 Å². The summed E-state index contributed by atoms with van der Waals surface area (Å²) >= 11 is 6.15. The molecule has 1 heterocycles. The molecule has 0 saturated heterocycles. The van der Waals surface area contributed by atoms with Gasteiger partial charge in [0.25, 0.3) is 0 Å². The molecule has 0 unspecified atom stereocenters. The molecule has 0 aliphatic heterocycles. The molecule has 6 heteroatoms. The second kappa shape index (κ2) is 6.33. The molecule has 0 spiro atoms. The smallest absolute Gasteiger partial charge is 0.494 e. The molecular weight excluding hydrogens is 310 g/mol. The third-order valence-electron chi connectivity index (χ3n) is 3.06. The summed E-state index contributed by atoms with van der Waals surface area (Å²) in [6.45, 7) is 0. The molecule has 21 heavy (non-hydrogen) atoms. The van der Waals surface area contributed by atoms with Crippen LogP contribution in [0, 0.1) is 5.82 Å². The fourth-order valence-electron chi connectivity index (χ4n) is 2.06. The maximum Gasteiger partial charge on any atom is 5.00 e. The average Bonchev–Trinajstić information content (AvgIpc) is 2.47. The molecule has 0 fully saturated rings. The second-order valence-corrected chi connectivity index (χ2v) is 4.68. The summed E-state index contributed by atoms with van der Waals surface area (Å²) in [5, 5.41) is 9.11. The predicted molar refractivity (Wildman–Crippen MR) is 83.4 cm³/mol. The first-order valence-electron chi connectivity index (χ1n) is 5.94. The Labute approximate surface area is 129 Å². The number of nitrogens with zero attached hydrogens (tertiary/aromatic N) is 2. The molecule has 2 aromatic carbocycles. The number of rotatable bonds is 2. The van der Waals surface area contributed by atoms with Gasteiger partial charge in [-0.25, -0.2) is 4.39 Å². The molecule has 0 N–H and O–H groups in total. The molecule has 3 aromatic rings. The van der Waals surface area contributed by atoms with E-state index in [1.165, 1.54) is 18.3 Å². The summed E-state index contributed by atoms with van der Waals surface area (Å²) < 4.78 is 18.3. The van der Waals surface area contributed by atoms with Gasteiger partial charge in [-0.15, -0.1) is 5.10 Å². The van der Waals surface area contributed by atoms with E-state index >= 15 is 0 Å². The van der Waals surface area contributed by atoms with Gasteiger partial charge in [-0.3, -0.25) is 0 Å². The molecule has 100 valence electrons. The SMILES string of the molecule is COc1cc(-c2ccc(F)cc2)cc2c(Cl)cnnc12.[P+5]. The molecular formula is C15H10ClFN2OP+5. The first kappa shape index (κ1) is 15.6. The summed E-state index contributed by atoms with van der Waals surface area (Å²) in [6.07, 6.45) is 1.48. The number of benzene rings is 2. The Balaban J connectivity index is 0.00000161. The van der Waals surface area contributed by atoms with E-state index in [2.05, 4.69) is 10.2 Å². The minimum absolute atomic E-state index is 0. The predicted octanol–water partition coefficient (Wildman–Crippen LogP) is 4.96. The maximum absolute atomic E-state index is 13.0. The van der Waals surface area contributed by atoms with Gasteiger partial charge in [0.15, 0.2) is 0 Å². The van der Waals surface area contributed by atoms with Crippen LogP contribution in [0.2, 0.25) is 5.02 Å². The van der Waals surface area contributed by atoms with E-state index in [4.69, 9.17) is 16.3 Å². The second-order valence-electron chi connectivity index (χ2n) is 4.27. The third kappa shape index (κ3) is 2.97. The van der Waals surface area contributed by atoms with Crippen LogP contribution in [-0.2, 0) is 0 Å². The molecule has 0 aliphatic carbocycles. The van der Waals surface area contributed by atoms with Crippen molar-refractivity contribution >= 4 is 32.4 Å². The van der Waals surface area contributed by atoms with Crippen LogP contribution >= 0.6 is 21.5 Å². The first-order chi connectivity index (χ1) is 9.69. The molecule has 0 radical (unpaired) electrons. The van der Waals surface area contributed by atoms with Crippen LogP contribution in [0.15, 0.2) is 42.6 Å². The minimum atomic E-state index is -0.273. The first-order valence-corrected chi connectivity index (χ1v) is 6.31. The molecule has 0 atom stereocenters. The number of hydrogen-bond acceptors (Lipinski definition) is 3. The van der Waals surface area contributed by atoms with E-state index in [-0.39, 0.29) is 15.7 Å². The number of ether oxygens (including phenoxy) is 1. The van der Waals surface area contributed by atoms with Crippen molar-refractivity contribution in [3.05, 3.63) is 53.4 Å². The van der Waals surface area contributed by atoms with Crippen molar-refractivity contribution in [2.45, 2.75) is 0 Å². The molecule has 0 bridgehead atoms. The number of aromatic nitrogens is 2. The van der Waals surface area contributed by atoms with Crippen molar-refractivity contribution in [2.75, 3.05) is 7.11 Å². The Morgan fingerprint density at radius 2 is 1.81 bits per heavy atom. The summed E-state index contributed by atoms with van der Waals surface area (Å²) in [5.74, 6) is 0.308. The maximum atomic E-state index is 13.0. The topological polar surface area (TPSA) is 35.0 Å². The van der Waals surface area contributed by atoms with Crippen LogP contribution < -0.4 is 4.74 Å². The Morgan fingerprint density at radius 1 is 1.10 bits per heavy atom. The number of hydrogen-bond donors (Lipinski definition) is 0. The van der Waals surface area contributed by atoms with E-state index in [1.54, 1.807) is 19.2 Å². The zero-order valence-corrected chi connectivity index (χ0v) is 12.7. The Morgan fingerprint density at radius 3 is 2.48 bits per heavy atom. The monoisotopic (exact) mass is 319 g/mol. The zero-order valence-electron chi connectivity index (χ0n) is 11.0. The standard InChI is InChI=1S/C15H10ClFN2O.P/c1-20-14-7-10(9-2-4-11(17)5-3-9)6-12-13(16)8-18-19-15(12)14;/h2-8H,1H3;/q;+5. The van der Waals surface area contributed by atoms with Gasteiger partial charge in [0.2, 0.25) is 0 Å². The van der Waals surface area contributed by atoms with Crippen LogP contribution in [0.1, 0.15) is 0 Å². The Hall–Kier alpha value is -1.77. The van der Waals surface area contributed by atoms with Gasteiger partial charge >= 0.3 is 9.90 Å². The quantitative estimate of drug-likeness (QED) is 0.626. The normalized spacial score (nSPS) is 10.2.